The van der Waals surface area contributed by atoms with Crippen LogP contribution in [0, 0.1) is 11.8 Å². The third-order valence-electron chi connectivity index (χ3n) is 4.90. The summed E-state index contributed by atoms with van der Waals surface area (Å²) in [6, 6.07) is 0. The molecule has 0 aromatic carbocycles. The van der Waals surface area contributed by atoms with E-state index in [1.54, 1.807) is 0 Å². The first-order chi connectivity index (χ1) is 8.27. The van der Waals surface area contributed by atoms with Gasteiger partial charge >= 0.3 is 0 Å². The van der Waals surface area contributed by atoms with E-state index in [-0.39, 0.29) is 5.60 Å². The Morgan fingerprint density at radius 3 is 2.59 bits per heavy atom. The second-order valence-corrected chi connectivity index (χ2v) is 6.40. The maximum absolute atomic E-state index is 12.2. The summed E-state index contributed by atoms with van der Waals surface area (Å²) in [6.45, 7) is 0.821. The van der Waals surface area contributed by atoms with Gasteiger partial charge in [-0.25, -0.2) is 0 Å². The van der Waals surface area contributed by atoms with Crippen molar-refractivity contribution in [2.45, 2.75) is 69.8 Å². The van der Waals surface area contributed by atoms with Crippen molar-refractivity contribution in [1.82, 2.24) is 0 Å². The van der Waals surface area contributed by atoms with Crippen LogP contribution >= 0.6 is 0 Å². The highest BCUT2D eigenvalue weighted by molar-refractivity contribution is 5.81. The lowest BCUT2D eigenvalue weighted by Gasteiger charge is -2.43. The summed E-state index contributed by atoms with van der Waals surface area (Å²) in [7, 11) is 0. The number of rotatable bonds is 3. The Morgan fingerprint density at radius 1 is 1.12 bits per heavy atom. The van der Waals surface area contributed by atoms with Crippen LogP contribution in [0.5, 0.6) is 0 Å². The SMILES string of the molecule is O=C(CC1CC1)C1CCOC2(CCCCC2)C1. The molecule has 0 radical (unpaired) electrons. The largest absolute Gasteiger partial charge is 0.375 e. The number of carbonyl (C=O) groups excluding carboxylic acids is 1. The maximum Gasteiger partial charge on any atom is 0.136 e. The van der Waals surface area contributed by atoms with E-state index in [1.165, 1.54) is 44.9 Å². The third kappa shape index (κ3) is 2.73. The fourth-order valence-electron chi connectivity index (χ4n) is 3.62. The van der Waals surface area contributed by atoms with E-state index in [9.17, 15) is 4.79 Å². The highest BCUT2D eigenvalue weighted by Gasteiger charge is 2.41. The van der Waals surface area contributed by atoms with Crippen molar-refractivity contribution in [3.8, 4) is 0 Å². The number of hydrogen-bond acceptors (Lipinski definition) is 2. The molecule has 2 aliphatic carbocycles. The van der Waals surface area contributed by atoms with Crippen molar-refractivity contribution in [3.05, 3.63) is 0 Å². The molecule has 3 aliphatic rings. The number of ether oxygens (including phenoxy) is 1. The summed E-state index contributed by atoms with van der Waals surface area (Å²) in [5.41, 5.74) is 0.0976. The molecule has 1 atom stereocenters. The van der Waals surface area contributed by atoms with Gasteiger partial charge in [0.2, 0.25) is 0 Å². The van der Waals surface area contributed by atoms with E-state index in [1.807, 2.05) is 0 Å². The molecule has 3 rings (SSSR count). The first kappa shape index (κ1) is 11.7. The average molecular weight is 236 g/mol. The van der Waals surface area contributed by atoms with Gasteiger partial charge in [-0.3, -0.25) is 4.79 Å². The van der Waals surface area contributed by atoms with E-state index in [2.05, 4.69) is 0 Å². The zero-order chi connectivity index (χ0) is 11.7. The highest BCUT2D eigenvalue weighted by atomic mass is 16.5. The minimum absolute atomic E-state index is 0.0976. The monoisotopic (exact) mass is 236 g/mol. The molecule has 17 heavy (non-hydrogen) atoms. The van der Waals surface area contributed by atoms with Crippen LogP contribution in [0.2, 0.25) is 0 Å². The molecule has 0 bridgehead atoms. The molecule has 0 N–H and O–H groups in total. The van der Waals surface area contributed by atoms with Gasteiger partial charge in [-0.15, -0.1) is 0 Å². The Hall–Kier alpha value is -0.370. The summed E-state index contributed by atoms with van der Waals surface area (Å²) < 4.78 is 6.06. The van der Waals surface area contributed by atoms with Crippen molar-refractivity contribution in [2.24, 2.45) is 11.8 Å². The van der Waals surface area contributed by atoms with E-state index < -0.39 is 0 Å². The second kappa shape index (κ2) is 4.72. The maximum atomic E-state index is 12.2. The summed E-state index contributed by atoms with van der Waals surface area (Å²) in [5, 5.41) is 0. The summed E-state index contributed by atoms with van der Waals surface area (Å²) in [6.07, 6.45) is 11.8. The summed E-state index contributed by atoms with van der Waals surface area (Å²) in [4.78, 5) is 12.2. The van der Waals surface area contributed by atoms with Gasteiger partial charge in [0.05, 0.1) is 5.60 Å². The van der Waals surface area contributed by atoms with Gasteiger partial charge in [-0.05, 0) is 44.4 Å². The lowest BCUT2D eigenvalue weighted by atomic mass is 9.74. The fourth-order valence-corrected chi connectivity index (χ4v) is 3.62. The summed E-state index contributed by atoms with van der Waals surface area (Å²) >= 11 is 0. The number of hydrogen-bond donors (Lipinski definition) is 0. The fraction of sp³-hybridized carbons (Fsp3) is 0.933. The van der Waals surface area contributed by atoms with Gasteiger partial charge in [0.15, 0.2) is 0 Å². The van der Waals surface area contributed by atoms with Crippen LogP contribution in [0.3, 0.4) is 0 Å². The van der Waals surface area contributed by atoms with Gasteiger partial charge in [0, 0.05) is 18.9 Å². The van der Waals surface area contributed by atoms with Crippen LogP contribution in [-0.4, -0.2) is 18.0 Å². The summed E-state index contributed by atoms with van der Waals surface area (Å²) in [5.74, 6) is 1.61. The lowest BCUT2D eigenvalue weighted by molar-refractivity contribution is -0.143. The van der Waals surface area contributed by atoms with Gasteiger partial charge in [-0.2, -0.15) is 0 Å². The van der Waals surface area contributed by atoms with E-state index in [0.717, 1.165) is 31.8 Å². The molecule has 1 saturated heterocycles. The molecular weight excluding hydrogens is 212 g/mol. The molecular formula is C15H24O2. The molecule has 1 spiro atoms. The Kier molecular flexibility index (Phi) is 3.25. The Bertz CT molecular complexity index is 282. The molecule has 1 heterocycles. The smallest absolute Gasteiger partial charge is 0.136 e. The first-order valence-corrected chi connectivity index (χ1v) is 7.44. The molecule has 3 fully saturated rings. The lowest BCUT2D eigenvalue weighted by Crippen LogP contribution is -2.43. The van der Waals surface area contributed by atoms with E-state index in [4.69, 9.17) is 4.74 Å². The molecule has 0 aromatic heterocycles. The Balaban J connectivity index is 1.59. The van der Waals surface area contributed by atoms with Crippen molar-refractivity contribution >= 4 is 5.78 Å². The molecule has 1 unspecified atom stereocenters. The Labute approximate surface area is 104 Å². The van der Waals surface area contributed by atoms with Crippen molar-refractivity contribution in [2.75, 3.05) is 6.61 Å². The molecule has 0 aromatic rings. The van der Waals surface area contributed by atoms with Crippen LogP contribution in [0.4, 0.5) is 0 Å². The normalized spacial score (nSPS) is 32.6. The number of Topliss-reactive ketones (excluding diaryl/α,β-unsaturated/α-hetero) is 1. The zero-order valence-electron chi connectivity index (χ0n) is 10.7. The van der Waals surface area contributed by atoms with Gasteiger partial charge in [-0.1, -0.05) is 19.3 Å². The highest BCUT2D eigenvalue weighted by Crippen LogP contribution is 2.42. The van der Waals surface area contributed by atoms with Crippen LogP contribution in [-0.2, 0) is 9.53 Å². The number of carbonyl (C=O) groups is 1. The van der Waals surface area contributed by atoms with Crippen LogP contribution < -0.4 is 0 Å². The average Bonchev–Trinajstić information content (AvgIpc) is 3.14. The molecule has 2 heteroatoms. The van der Waals surface area contributed by atoms with Crippen molar-refractivity contribution in [3.63, 3.8) is 0 Å². The van der Waals surface area contributed by atoms with Gasteiger partial charge < -0.3 is 4.74 Å². The van der Waals surface area contributed by atoms with Gasteiger partial charge in [0.1, 0.15) is 5.78 Å². The standard InChI is InChI=1S/C15H24O2/c16-14(10-12-4-5-12)13-6-9-17-15(11-13)7-2-1-3-8-15/h12-13H,1-11H2. The minimum Gasteiger partial charge on any atom is -0.375 e. The van der Waals surface area contributed by atoms with Crippen LogP contribution in [0.25, 0.3) is 0 Å². The molecule has 1 aliphatic heterocycles. The van der Waals surface area contributed by atoms with Gasteiger partial charge in [0.25, 0.3) is 0 Å². The molecule has 2 nitrogen and oxygen atoms in total. The van der Waals surface area contributed by atoms with Crippen LogP contribution in [0.15, 0.2) is 0 Å². The Morgan fingerprint density at radius 2 is 1.88 bits per heavy atom. The van der Waals surface area contributed by atoms with E-state index >= 15 is 0 Å². The molecule has 0 amide bonds. The molecule has 2 saturated carbocycles. The second-order valence-electron chi connectivity index (χ2n) is 6.40. The number of ketones is 1. The quantitative estimate of drug-likeness (QED) is 0.750. The minimum atomic E-state index is 0.0976. The van der Waals surface area contributed by atoms with Crippen molar-refractivity contribution < 1.29 is 9.53 Å². The molecule has 96 valence electrons. The third-order valence-corrected chi connectivity index (χ3v) is 4.90. The van der Waals surface area contributed by atoms with Crippen LogP contribution in [0.1, 0.15) is 64.2 Å². The first-order valence-electron chi connectivity index (χ1n) is 7.44. The predicted octanol–water partition coefficient (Wildman–Crippen LogP) is 3.49. The zero-order valence-corrected chi connectivity index (χ0v) is 10.7. The van der Waals surface area contributed by atoms with Crippen molar-refractivity contribution in [1.29, 1.82) is 0 Å². The topological polar surface area (TPSA) is 26.3 Å². The predicted molar refractivity (Wildman–Crippen MR) is 66.8 cm³/mol. The van der Waals surface area contributed by atoms with E-state index in [0.29, 0.717) is 11.7 Å².